The van der Waals surface area contributed by atoms with Crippen LogP contribution in [0.4, 0.5) is 0 Å². The molecule has 8 heteroatoms. The van der Waals surface area contributed by atoms with Crippen molar-refractivity contribution in [2.24, 2.45) is 0 Å². The molecule has 5 nitrogen and oxygen atoms in total. The van der Waals surface area contributed by atoms with Gasteiger partial charge in [0, 0.05) is 18.1 Å². The first-order valence-electron chi connectivity index (χ1n) is 5.78. The molecule has 1 aromatic heterocycles. The molecule has 0 radical (unpaired) electrons. The first-order chi connectivity index (χ1) is 9.44. The minimum Gasteiger partial charge on any atom is -0.465 e. The molecule has 0 aromatic carbocycles. The van der Waals surface area contributed by atoms with Crippen LogP contribution in [0.2, 0.25) is 0 Å². The molecule has 0 unspecified atom stereocenters. The van der Waals surface area contributed by atoms with Crippen LogP contribution in [-0.4, -0.2) is 39.5 Å². The second kappa shape index (κ2) is 7.82. The predicted octanol–water partition coefficient (Wildman–Crippen LogP) is 2.04. The molecule has 0 amide bonds. The first kappa shape index (κ1) is 17.2. The summed E-state index contributed by atoms with van der Waals surface area (Å²) in [5, 5.41) is 1.63. The number of nitrogens with one attached hydrogen (secondary N) is 1. The lowest BCUT2D eigenvalue weighted by molar-refractivity contribution is 0.0602. The third-order valence-electron chi connectivity index (χ3n) is 2.33. The number of carbonyl (C=O) groups excluding carboxylic acids is 1. The third-order valence-corrected chi connectivity index (χ3v) is 6.15. The molecule has 0 atom stereocenters. The Morgan fingerprint density at radius 2 is 2.30 bits per heavy atom. The molecule has 0 aliphatic rings. The Bertz CT molecular complexity index is 578. The van der Waals surface area contributed by atoms with Gasteiger partial charge in [-0.3, -0.25) is 0 Å². The van der Waals surface area contributed by atoms with Gasteiger partial charge in [0.2, 0.25) is 10.0 Å². The average molecular weight is 335 g/mol. The lowest BCUT2D eigenvalue weighted by Gasteiger charge is -2.08. The van der Waals surface area contributed by atoms with E-state index in [1.165, 1.54) is 7.11 Å². The fourth-order valence-electron chi connectivity index (χ4n) is 1.49. The SMILES string of the molecule is C=CCSCCNS(=O)(=O)c1c(C)csc1C(=O)OC. The smallest absolute Gasteiger partial charge is 0.349 e. The Kier molecular flexibility index (Phi) is 6.74. The van der Waals surface area contributed by atoms with Crippen molar-refractivity contribution in [2.75, 3.05) is 25.2 Å². The number of esters is 1. The van der Waals surface area contributed by atoms with Gasteiger partial charge in [0.05, 0.1) is 7.11 Å². The number of aryl methyl sites for hydroxylation is 1. The monoisotopic (exact) mass is 335 g/mol. The van der Waals surface area contributed by atoms with E-state index in [9.17, 15) is 13.2 Å². The van der Waals surface area contributed by atoms with E-state index in [1.54, 1.807) is 30.1 Å². The van der Waals surface area contributed by atoms with Gasteiger partial charge in [-0.25, -0.2) is 17.9 Å². The van der Waals surface area contributed by atoms with Gasteiger partial charge in [-0.15, -0.1) is 17.9 Å². The normalized spacial score (nSPS) is 11.3. The number of hydrogen-bond donors (Lipinski definition) is 1. The van der Waals surface area contributed by atoms with Crippen molar-refractivity contribution in [3.63, 3.8) is 0 Å². The Morgan fingerprint density at radius 3 is 2.90 bits per heavy atom. The van der Waals surface area contributed by atoms with Gasteiger partial charge < -0.3 is 4.74 Å². The van der Waals surface area contributed by atoms with Crippen molar-refractivity contribution in [3.05, 3.63) is 28.5 Å². The van der Waals surface area contributed by atoms with Crippen LogP contribution in [-0.2, 0) is 14.8 Å². The Morgan fingerprint density at radius 1 is 1.60 bits per heavy atom. The minimum absolute atomic E-state index is 0.0167. The van der Waals surface area contributed by atoms with Crippen molar-refractivity contribution < 1.29 is 17.9 Å². The van der Waals surface area contributed by atoms with Gasteiger partial charge in [0.15, 0.2) is 0 Å². The van der Waals surface area contributed by atoms with Crippen LogP contribution in [0.5, 0.6) is 0 Å². The lowest BCUT2D eigenvalue weighted by Crippen LogP contribution is -2.27. The molecule has 0 saturated carbocycles. The molecule has 0 aliphatic heterocycles. The Labute approximate surface area is 127 Å². The molecule has 1 aromatic rings. The Balaban J connectivity index is 2.84. The van der Waals surface area contributed by atoms with E-state index < -0.39 is 16.0 Å². The maximum atomic E-state index is 12.2. The summed E-state index contributed by atoms with van der Waals surface area (Å²) in [6.07, 6.45) is 1.76. The van der Waals surface area contributed by atoms with Gasteiger partial charge in [-0.05, 0) is 17.9 Å². The molecule has 0 aliphatic carbocycles. The van der Waals surface area contributed by atoms with Crippen LogP contribution in [0.3, 0.4) is 0 Å². The number of thiophene rings is 1. The quantitative estimate of drug-likeness (QED) is 0.447. The highest BCUT2D eigenvalue weighted by Gasteiger charge is 2.27. The minimum atomic E-state index is -3.70. The third kappa shape index (κ3) is 4.34. The van der Waals surface area contributed by atoms with E-state index >= 15 is 0 Å². The maximum Gasteiger partial charge on any atom is 0.349 e. The summed E-state index contributed by atoms with van der Waals surface area (Å²) in [5.74, 6) is 0.777. The van der Waals surface area contributed by atoms with E-state index in [2.05, 4.69) is 16.0 Å². The van der Waals surface area contributed by atoms with Crippen LogP contribution in [0.1, 0.15) is 15.2 Å². The summed E-state index contributed by atoms with van der Waals surface area (Å²) in [6.45, 7) is 5.55. The van der Waals surface area contributed by atoms with Crippen LogP contribution < -0.4 is 4.72 Å². The van der Waals surface area contributed by atoms with E-state index in [4.69, 9.17) is 0 Å². The van der Waals surface area contributed by atoms with E-state index in [0.717, 1.165) is 17.1 Å². The zero-order chi connectivity index (χ0) is 15.2. The summed E-state index contributed by atoms with van der Waals surface area (Å²) in [6, 6.07) is 0. The molecule has 20 heavy (non-hydrogen) atoms. The van der Waals surface area contributed by atoms with Gasteiger partial charge in [-0.1, -0.05) is 6.08 Å². The number of hydrogen-bond acceptors (Lipinski definition) is 6. The first-order valence-corrected chi connectivity index (χ1v) is 9.30. The summed E-state index contributed by atoms with van der Waals surface area (Å²) in [7, 11) is -2.47. The molecule has 0 fully saturated rings. The maximum absolute atomic E-state index is 12.2. The molecular formula is C12H17NO4S3. The molecule has 0 spiro atoms. The Hall–Kier alpha value is -0.830. The second-order valence-electron chi connectivity index (χ2n) is 3.83. The zero-order valence-corrected chi connectivity index (χ0v) is 13.8. The number of sulfonamides is 1. The highest BCUT2D eigenvalue weighted by molar-refractivity contribution is 7.99. The zero-order valence-electron chi connectivity index (χ0n) is 11.3. The molecule has 0 saturated heterocycles. The highest BCUT2D eigenvalue weighted by atomic mass is 32.2. The lowest BCUT2D eigenvalue weighted by atomic mass is 10.3. The largest absolute Gasteiger partial charge is 0.465 e. The van der Waals surface area contributed by atoms with Gasteiger partial charge in [0.1, 0.15) is 9.77 Å². The van der Waals surface area contributed by atoms with Crippen molar-refractivity contribution >= 4 is 39.1 Å². The van der Waals surface area contributed by atoms with Crippen molar-refractivity contribution in [3.8, 4) is 0 Å². The molecule has 1 heterocycles. The average Bonchev–Trinajstić information content (AvgIpc) is 2.80. The van der Waals surface area contributed by atoms with Gasteiger partial charge in [0.25, 0.3) is 0 Å². The summed E-state index contributed by atoms with van der Waals surface area (Å²) < 4.78 is 31.6. The van der Waals surface area contributed by atoms with E-state index in [0.29, 0.717) is 17.9 Å². The number of carbonyl (C=O) groups is 1. The number of ether oxygens (including phenoxy) is 1. The standard InChI is InChI=1S/C12H17NO4S3/c1-4-6-18-7-5-13-20(15,16)11-9(2)8-19-10(11)12(14)17-3/h4,8,13H,1,5-7H2,2-3H3. The number of rotatable bonds is 8. The molecule has 0 bridgehead atoms. The highest BCUT2D eigenvalue weighted by Crippen LogP contribution is 2.27. The fraction of sp³-hybridized carbons (Fsp3) is 0.417. The molecule has 1 N–H and O–H groups in total. The van der Waals surface area contributed by atoms with E-state index in [1.807, 2.05) is 0 Å². The molecular weight excluding hydrogens is 318 g/mol. The molecule has 1 rings (SSSR count). The van der Waals surface area contributed by atoms with Crippen molar-refractivity contribution in [1.29, 1.82) is 0 Å². The predicted molar refractivity (Wildman–Crippen MR) is 83.1 cm³/mol. The fourth-order valence-corrected chi connectivity index (χ4v) is 4.93. The van der Waals surface area contributed by atoms with Crippen molar-refractivity contribution in [1.82, 2.24) is 4.72 Å². The van der Waals surface area contributed by atoms with Crippen LogP contribution >= 0.6 is 23.1 Å². The summed E-state index contributed by atoms with van der Waals surface area (Å²) >= 11 is 2.65. The van der Waals surface area contributed by atoms with Crippen LogP contribution in [0, 0.1) is 6.92 Å². The van der Waals surface area contributed by atoms with Crippen molar-refractivity contribution in [2.45, 2.75) is 11.8 Å². The molecule has 112 valence electrons. The van der Waals surface area contributed by atoms with Crippen LogP contribution in [0.25, 0.3) is 0 Å². The second-order valence-corrected chi connectivity index (χ2v) is 7.56. The summed E-state index contributed by atoms with van der Waals surface area (Å²) in [4.78, 5) is 11.7. The van der Waals surface area contributed by atoms with Gasteiger partial charge >= 0.3 is 5.97 Å². The van der Waals surface area contributed by atoms with Crippen LogP contribution in [0.15, 0.2) is 22.9 Å². The number of thioether (sulfide) groups is 1. The number of methoxy groups -OCH3 is 1. The van der Waals surface area contributed by atoms with Gasteiger partial charge in [-0.2, -0.15) is 11.8 Å². The summed E-state index contributed by atoms with van der Waals surface area (Å²) in [5.41, 5.74) is 0.543. The van der Waals surface area contributed by atoms with E-state index in [-0.39, 0.29) is 9.77 Å². The topological polar surface area (TPSA) is 72.5 Å².